The zero-order chi connectivity index (χ0) is 40.5. The number of hydrogen-bond acceptors (Lipinski definition) is 9. The largest absolute Gasteiger partial charge is 0.330 e. The Morgan fingerprint density at radius 3 is 1.67 bits per heavy atom. The molecule has 17 heteroatoms. The lowest BCUT2D eigenvalue weighted by Crippen LogP contribution is -2.23. The van der Waals surface area contributed by atoms with Gasteiger partial charge in [0.2, 0.25) is 0 Å². The normalized spacial score (nSPS) is 12.5. The molecule has 0 saturated carbocycles. The second-order valence-corrected chi connectivity index (χ2v) is 16.8. The number of benzene rings is 3. The number of nitrogens with two attached hydrogens (primary N) is 1. The van der Waals surface area contributed by atoms with Gasteiger partial charge in [-0.05, 0) is 97.8 Å². The standard InChI is InChI=1S/C22H21Cl2N5OS.C18H20Cl2N4OS/c23-17-7-6-15(12-18(17)24)14(8-10-25)9-11-29-20(30)13-19-21(28-29)22(27-26-19)31-16-4-2-1-3-5-16;1-3-4-11(12-5-6-13(19)14(20)9-12)7-8-24-16(25)10-15-17(23-24)18(26-2)22-21-15/h1-7,12-14,26H,8-11,25H2;5-6,9-11,21H,3-4,7-8H2,1-2H3. The quantitative estimate of drug-likeness (QED) is 0.0854. The van der Waals surface area contributed by atoms with Crippen molar-refractivity contribution in [2.24, 2.45) is 5.73 Å². The van der Waals surface area contributed by atoms with Crippen molar-refractivity contribution in [3.05, 3.63) is 131 Å². The first kappa shape index (κ1) is 42.8. The molecule has 0 aliphatic heterocycles. The number of nitrogens with one attached hydrogen (secondary N) is 2. The molecule has 2 unspecified atom stereocenters. The van der Waals surface area contributed by atoms with Crippen molar-refractivity contribution in [3.8, 4) is 0 Å². The van der Waals surface area contributed by atoms with Gasteiger partial charge in [0.15, 0.2) is 5.03 Å². The number of thioether (sulfide) groups is 1. The fraction of sp³-hybridized carbons (Fsp3) is 0.300. The number of nitrogens with zero attached hydrogens (tertiary/aromatic N) is 6. The van der Waals surface area contributed by atoms with Gasteiger partial charge in [0.1, 0.15) is 16.1 Å². The smallest absolute Gasteiger partial charge is 0.268 e. The number of rotatable bonds is 15. The molecule has 2 atom stereocenters. The summed E-state index contributed by atoms with van der Waals surface area (Å²) in [5, 5.41) is 27.1. The van der Waals surface area contributed by atoms with Crippen LogP contribution in [0.1, 0.15) is 62.0 Å². The Kier molecular flexibility index (Phi) is 15.2. The summed E-state index contributed by atoms with van der Waals surface area (Å²) >= 11 is 27.5. The molecule has 7 aromatic rings. The Bertz CT molecular complexity index is 2560. The van der Waals surface area contributed by atoms with Crippen molar-refractivity contribution >= 4 is 92.0 Å². The Balaban J connectivity index is 0.000000196. The van der Waals surface area contributed by atoms with Crippen LogP contribution in [-0.4, -0.2) is 52.8 Å². The number of fused-ring (bicyclic) bond motifs is 2. The first-order valence-corrected chi connectivity index (χ1v) is 21.9. The molecule has 4 N–H and O–H groups in total. The van der Waals surface area contributed by atoms with E-state index in [2.05, 4.69) is 37.5 Å². The average Bonchev–Trinajstić information content (AvgIpc) is 3.79. The maximum absolute atomic E-state index is 12.6. The molecule has 4 heterocycles. The molecule has 0 radical (unpaired) electrons. The molecular formula is C40H41Cl4N9O2S2. The Labute approximate surface area is 358 Å². The molecule has 0 bridgehead atoms. The van der Waals surface area contributed by atoms with Gasteiger partial charge in [-0.3, -0.25) is 19.8 Å². The van der Waals surface area contributed by atoms with E-state index in [1.807, 2.05) is 66.9 Å². The first-order chi connectivity index (χ1) is 27.6. The molecule has 0 aliphatic rings. The number of halogens is 4. The number of hydrogen-bond donors (Lipinski definition) is 3. The highest BCUT2D eigenvalue weighted by Gasteiger charge is 2.17. The van der Waals surface area contributed by atoms with Crippen molar-refractivity contribution in [2.45, 2.75) is 78.9 Å². The average molecular weight is 886 g/mol. The van der Waals surface area contributed by atoms with Crippen LogP contribution in [0.4, 0.5) is 0 Å². The van der Waals surface area contributed by atoms with E-state index in [0.717, 1.165) is 57.3 Å². The summed E-state index contributed by atoms with van der Waals surface area (Å²) in [5.41, 5.74) is 10.4. The van der Waals surface area contributed by atoms with Gasteiger partial charge in [-0.25, -0.2) is 9.36 Å². The summed E-state index contributed by atoms with van der Waals surface area (Å²) in [5.74, 6) is 0.440. The minimum Gasteiger partial charge on any atom is -0.330 e. The molecule has 298 valence electrons. The molecule has 57 heavy (non-hydrogen) atoms. The fourth-order valence-electron chi connectivity index (χ4n) is 6.52. The van der Waals surface area contributed by atoms with Crippen LogP contribution >= 0.6 is 69.9 Å². The summed E-state index contributed by atoms with van der Waals surface area (Å²) in [6.45, 7) is 3.68. The number of aromatic nitrogens is 8. The molecular weight excluding hydrogens is 844 g/mol. The Morgan fingerprint density at radius 1 is 0.667 bits per heavy atom. The zero-order valence-corrected chi connectivity index (χ0v) is 35.9. The van der Waals surface area contributed by atoms with E-state index < -0.39 is 0 Å². The minimum absolute atomic E-state index is 0.127. The first-order valence-electron chi connectivity index (χ1n) is 18.4. The highest BCUT2D eigenvalue weighted by atomic mass is 35.5. The van der Waals surface area contributed by atoms with Crippen LogP contribution in [0.15, 0.2) is 103 Å². The molecule has 0 saturated heterocycles. The van der Waals surface area contributed by atoms with E-state index >= 15 is 0 Å². The van der Waals surface area contributed by atoms with Gasteiger partial charge in [-0.2, -0.15) is 20.4 Å². The van der Waals surface area contributed by atoms with Gasteiger partial charge in [0.25, 0.3) is 11.1 Å². The van der Waals surface area contributed by atoms with E-state index in [4.69, 9.17) is 52.1 Å². The van der Waals surface area contributed by atoms with Crippen LogP contribution in [-0.2, 0) is 13.1 Å². The van der Waals surface area contributed by atoms with E-state index in [0.29, 0.717) is 68.6 Å². The molecule has 0 amide bonds. The maximum Gasteiger partial charge on any atom is 0.268 e. The molecule has 4 aromatic heterocycles. The number of aryl methyl sites for hydroxylation is 2. The molecule has 3 aromatic carbocycles. The Morgan fingerprint density at radius 2 is 1.18 bits per heavy atom. The lowest BCUT2D eigenvalue weighted by atomic mass is 9.91. The van der Waals surface area contributed by atoms with Crippen LogP contribution in [0.3, 0.4) is 0 Å². The minimum atomic E-state index is -0.173. The third kappa shape index (κ3) is 10.8. The monoisotopic (exact) mass is 883 g/mol. The highest BCUT2D eigenvalue weighted by molar-refractivity contribution is 7.99. The summed E-state index contributed by atoms with van der Waals surface area (Å²) in [6, 6.07) is 24.4. The summed E-state index contributed by atoms with van der Waals surface area (Å²) < 4.78 is 3.02. The van der Waals surface area contributed by atoms with E-state index in [1.54, 1.807) is 18.2 Å². The SMILES string of the molecule is CCCC(CCn1nc2c(SC)n[nH]c2cc1=O)c1ccc(Cl)c(Cl)c1.NCCC(CCn1nc2c(Sc3ccccc3)n[nH]c2cc1=O)c1ccc(Cl)c(Cl)c1. The van der Waals surface area contributed by atoms with Crippen LogP contribution in [0.2, 0.25) is 20.1 Å². The third-order valence-corrected chi connectivity index (χ3v) is 12.6. The van der Waals surface area contributed by atoms with Crippen LogP contribution in [0.25, 0.3) is 22.1 Å². The second kappa shape index (κ2) is 20.2. The summed E-state index contributed by atoms with van der Waals surface area (Å²) in [6.07, 6.45) is 6.27. The van der Waals surface area contributed by atoms with Gasteiger partial charge in [-0.15, -0.1) is 11.8 Å². The maximum atomic E-state index is 12.6. The predicted molar refractivity (Wildman–Crippen MR) is 235 cm³/mol. The van der Waals surface area contributed by atoms with Crippen molar-refractivity contribution < 1.29 is 0 Å². The molecule has 0 spiro atoms. The summed E-state index contributed by atoms with van der Waals surface area (Å²) in [7, 11) is 0. The van der Waals surface area contributed by atoms with E-state index in [1.165, 1.54) is 32.9 Å². The Hall–Kier alpha value is -3.82. The van der Waals surface area contributed by atoms with Crippen LogP contribution < -0.4 is 16.9 Å². The van der Waals surface area contributed by atoms with Crippen molar-refractivity contribution in [2.75, 3.05) is 12.8 Å². The van der Waals surface area contributed by atoms with Gasteiger partial charge in [0, 0.05) is 30.1 Å². The molecule has 0 fully saturated rings. The van der Waals surface area contributed by atoms with Crippen molar-refractivity contribution in [3.63, 3.8) is 0 Å². The van der Waals surface area contributed by atoms with E-state index in [9.17, 15) is 9.59 Å². The van der Waals surface area contributed by atoms with Gasteiger partial charge >= 0.3 is 0 Å². The van der Waals surface area contributed by atoms with Crippen LogP contribution in [0.5, 0.6) is 0 Å². The van der Waals surface area contributed by atoms with Crippen LogP contribution in [0, 0.1) is 0 Å². The fourth-order valence-corrected chi connectivity index (χ4v) is 8.47. The second-order valence-electron chi connectivity index (χ2n) is 13.3. The zero-order valence-electron chi connectivity index (χ0n) is 31.2. The highest BCUT2D eigenvalue weighted by Crippen LogP contribution is 2.33. The lowest BCUT2D eigenvalue weighted by Gasteiger charge is -2.17. The van der Waals surface area contributed by atoms with Gasteiger partial charge in [-0.1, -0.05) is 102 Å². The number of H-pyrrole nitrogens is 2. The molecule has 11 nitrogen and oxygen atoms in total. The van der Waals surface area contributed by atoms with Crippen molar-refractivity contribution in [1.82, 2.24) is 40.0 Å². The predicted octanol–water partition coefficient (Wildman–Crippen LogP) is 10.2. The lowest BCUT2D eigenvalue weighted by molar-refractivity contribution is 0.478. The number of aromatic amines is 2. The van der Waals surface area contributed by atoms with Crippen molar-refractivity contribution in [1.29, 1.82) is 0 Å². The summed E-state index contributed by atoms with van der Waals surface area (Å²) in [4.78, 5) is 26.0. The van der Waals surface area contributed by atoms with E-state index in [-0.39, 0.29) is 17.0 Å². The topological polar surface area (TPSA) is 153 Å². The third-order valence-electron chi connectivity index (χ3n) is 9.47. The van der Waals surface area contributed by atoms with Gasteiger partial charge in [0.05, 0.1) is 31.1 Å². The molecule has 0 aliphatic carbocycles. The van der Waals surface area contributed by atoms with Gasteiger partial charge < -0.3 is 5.73 Å². The molecule has 7 rings (SSSR count).